The first-order valence-corrected chi connectivity index (χ1v) is 7.75. The Morgan fingerprint density at radius 1 is 1.17 bits per heavy atom. The van der Waals surface area contributed by atoms with Crippen molar-refractivity contribution in [3.8, 4) is 5.88 Å². The van der Waals surface area contributed by atoms with Gasteiger partial charge in [-0.25, -0.2) is 4.98 Å². The Kier molecular flexibility index (Phi) is 5.89. The van der Waals surface area contributed by atoms with Crippen molar-refractivity contribution in [3.63, 3.8) is 0 Å². The smallest absolute Gasteiger partial charge is 0.259 e. The van der Waals surface area contributed by atoms with Crippen LogP contribution in [0.2, 0.25) is 0 Å². The number of anilines is 1. The van der Waals surface area contributed by atoms with Gasteiger partial charge in [-0.3, -0.25) is 9.59 Å². The van der Waals surface area contributed by atoms with Gasteiger partial charge in [-0.1, -0.05) is 18.2 Å². The van der Waals surface area contributed by atoms with Gasteiger partial charge in [0.2, 0.25) is 11.8 Å². The molecule has 0 unspecified atom stereocenters. The van der Waals surface area contributed by atoms with E-state index in [1.54, 1.807) is 12.1 Å². The monoisotopic (exact) mass is 327 g/mol. The summed E-state index contributed by atoms with van der Waals surface area (Å²) in [5.41, 5.74) is 6.33. The van der Waals surface area contributed by atoms with Crippen molar-refractivity contribution < 1.29 is 14.3 Å². The van der Waals surface area contributed by atoms with Crippen LogP contribution in [0.15, 0.2) is 48.7 Å². The molecule has 24 heavy (non-hydrogen) atoms. The number of carbonyl (C=O) groups is 2. The van der Waals surface area contributed by atoms with Gasteiger partial charge in [0.15, 0.2) is 0 Å². The highest BCUT2D eigenvalue weighted by atomic mass is 16.5. The fourth-order valence-electron chi connectivity index (χ4n) is 2.15. The highest BCUT2D eigenvalue weighted by Crippen LogP contribution is 2.18. The maximum absolute atomic E-state index is 12.8. The Morgan fingerprint density at radius 2 is 1.88 bits per heavy atom. The summed E-state index contributed by atoms with van der Waals surface area (Å²) in [6.07, 6.45) is 1.57. The molecule has 0 saturated carbocycles. The van der Waals surface area contributed by atoms with E-state index in [1.165, 1.54) is 11.1 Å². The second-order valence-electron chi connectivity index (χ2n) is 5.56. The molecule has 0 radical (unpaired) electrons. The van der Waals surface area contributed by atoms with Crippen LogP contribution in [0.1, 0.15) is 30.6 Å². The van der Waals surface area contributed by atoms with Gasteiger partial charge < -0.3 is 15.4 Å². The SMILES string of the molecule is CC(C)Oc1ccc(C(=O)N(CCC(N)=O)c2ccccc2)cn1. The minimum atomic E-state index is -0.456. The molecule has 1 aromatic heterocycles. The van der Waals surface area contributed by atoms with Gasteiger partial charge in [0.25, 0.3) is 5.91 Å². The Hall–Kier alpha value is -2.89. The normalized spacial score (nSPS) is 10.5. The highest BCUT2D eigenvalue weighted by molar-refractivity contribution is 6.06. The van der Waals surface area contributed by atoms with Crippen molar-refractivity contribution in [1.82, 2.24) is 4.98 Å². The van der Waals surface area contributed by atoms with Crippen molar-refractivity contribution in [2.45, 2.75) is 26.4 Å². The summed E-state index contributed by atoms with van der Waals surface area (Å²) in [5.74, 6) is -0.237. The number of carbonyl (C=O) groups excluding carboxylic acids is 2. The summed E-state index contributed by atoms with van der Waals surface area (Å²) in [6, 6.07) is 12.5. The number of primary amides is 1. The summed E-state index contributed by atoms with van der Waals surface area (Å²) in [6.45, 7) is 4.02. The molecule has 6 nitrogen and oxygen atoms in total. The van der Waals surface area contributed by atoms with E-state index >= 15 is 0 Å². The first-order valence-electron chi connectivity index (χ1n) is 7.75. The predicted molar refractivity (Wildman–Crippen MR) is 91.9 cm³/mol. The molecule has 0 bridgehead atoms. The number of amides is 2. The molecule has 0 aliphatic heterocycles. The van der Waals surface area contributed by atoms with E-state index in [-0.39, 0.29) is 25.0 Å². The number of aromatic nitrogens is 1. The molecule has 0 spiro atoms. The second kappa shape index (κ2) is 8.10. The van der Waals surface area contributed by atoms with Gasteiger partial charge in [0.1, 0.15) is 0 Å². The molecule has 1 heterocycles. The number of benzene rings is 1. The fourth-order valence-corrected chi connectivity index (χ4v) is 2.15. The molecule has 0 aliphatic carbocycles. The van der Waals surface area contributed by atoms with Gasteiger partial charge in [-0.05, 0) is 32.0 Å². The Bertz CT molecular complexity index is 684. The summed E-state index contributed by atoms with van der Waals surface area (Å²) < 4.78 is 5.48. The van der Waals surface area contributed by atoms with E-state index < -0.39 is 5.91 Å². The molecule has 2 rings (SSSR count). The molecule has 126 valence electrons. The lowest BCUT2D eigenvalue weighted by Crippen LogP contribution is -2.34. The van der Waals surface area contributed by atoms with Gasteiger partial charge in [0, 0.05) is 30.9 Å². The minimum absolute atomic E-state index is 0.00966. The number of hydrogen-bond donors (Lipinski definition) is 1. The lowest BCUT2D eigenvalue weighted by Gasteiger charge is -2.22. The molecule has 2 aromatic rings. The lowest BCUT2D eigenvalue weighted by molar-refractivity contribution is -0.117. The predicted octanol–water partition coefficient (Wildman–Crippen LogP) is 2.39. The molecule has 6 heteroatoms. The highest BCUT2D eigenvalue weighted by Gasteiger charge is 2.18. The average molecular weight is 327 g/mol. The molecular formula is C18H21N3O3. The Balaban J connectivity index is 2.22. The van der Waals surface area contributed by atoms with Crippen LogP contribution in [0.25, 0.3) is 0 Å². The first kappa shape index (κ1) is 17.5. The molecule has 0 saturated heterocycles. The number of para-hydroxylation sites is 1. The van der Waals surface area contributed by atoms with Crippen molar-refractivity contribution >= 4 is 17.5 Å². The number of rotatable bonds is 7. The van der Waals surface area contributed by atoms with Crippen LogP contribution in [-0.2, 0) is 4.79 Å². The molecule has 0 aliphatic rings. The van der Waals surface area contributed by atoms with Gasteiger partial charge in [0.05, 0.1) is 11.7 Å². The van der Waals surface area contributed by atoms with Gasteiger partial charge >= 0.3 is 0 Å². The van der Waals surface area contributed by atoms with Crippen molar-refractivity contribution in [2.75, 3.05) is 11.4 Å². The van der Waals surface area contributed by atoms with Gasteiger partial charge in [-0.15, -0.1) is 0 Å². The van der Waals surface area contributed by atoms with Crippen LogP contribution < -0.4 is 15.4 Å². The largest absolute Gasteiger partial charge is 0.475 e. The third-order valence-electron chi connectivity index (χ3n) is 3.23. The van der Waals surface area contributed by atoms with Crippen LogP contribution in [-0.4, -0.2) is 29.4 Å². The zero-order valence-corrected chi connectivity index (χ0v) is 13.8. The van der Waals surface area contributed by atoms with Crippen molar-refractivity contribution in [3.05, 3.63) is 54.2 Å². The summed E-state index contributed by atoms with van der Waals surface area (Å²) in [4.78, 5) is 29.5. The number of nitrogens with zero attached hydrogens (tertiary/aromatic N) is 2. The zero-order valence-electron chi connectivity index (χ0n) is 13.8. The summed E-state index contributed by atoms with van der Waals surface area (Å²) in [7, 11) is 0. The van der Waals surface area contributed by atoms with E-state index in [0.717, 1.165) is 0 Å². The second-order valence-corrected chi connectivity index (χ2v) is 5.56. The molecule has 0 fully saturated rings. The van der Waals surface area contributed by atoms with Crippen LogP contribution in [0.4, 0.5) is 5.69 Å². The average Bonchev–Trinajstić information content (AvgIpc) is 2.55. The molecule has 2 N–H and O–H groups in total. The van der Waals surface area contributed by atoms with E-state index in [1.807, 2.05) is 44.2 Å². The zero-order chi connectivity index (χ0) is 17.5. The van der Waals surface area contributed by atoms with Crippen LogP contribution in [0.3, 0.4) is 0 Å². The number of pyridine rings is 1. The Morgan fingerprint density at radius 3 is 2.42 bits per heavy atom. The van der Waals surface area contributed by atoms with E-state index in [0.29, 0.717) is 17.1 Å². The van der Waals surface area contributed by atoms with E-state index in [2.05, 4.69) is 4.98 Å². The third kappa shape index (κ3) is 4.81. The summed E-state index contributed by atoms with van der Waals surface area (Å²) in [5, 5.41) is 0. The van der Waals surface area contributed by atoms with E-state index in [9.17, 15) is 9.59 Å². The maximum atomic E-state index is 12.8. The molecular weight excluding hydrogens is 306 g/mol. The van der Waals surface area contributed by atoms with Crippen LogP contribution >= 0.6 is 0 Å². The standard InChI is InChI=1S/C18H21N3O3/c1-13(2)24-17-9-8-14(12-20-17)18(23)21(11-10-16(19)22)15-6-4-3-5-7-15/h3-9,12-13H,10-11H2,1-2H3,(H2,19,22). The molecule has 2 amide bonds. The van der Waals surface area contributed by atoms with Crippen molar-refractivity contribution in [1.29, 1.82) is 0 Å². The third-order valence-corrected chi connectivity index (χ3v) is 3.23. The first-order chi connectivity index (χ1) is 11.5. The molecule has 1 aromatic carbocycles. The van der Waals surface area contributed by atoms with E-state index in [4.69, 9.17) is 10.5 Å². The van der Waals surface area contributed by atoms with Crippen molar-refractivity contribution in [2.24, 2.45) is 5.73 Å². The van der Waals surface area contributed by atoms with Crippen LogP contribution in [0, 0.1) is 0 Å². The quantitative estimate of drug-likeness (QED) is 0.846. The number of hydrogen-bond acceptors (Lipinski definition) is 4. The summed E-state index contributed by atoms with van der Waals surface area (Å²) >= 11 is 0. The topological polar surface area (TPSA) is 85.5 Å². The number of ether oxygens (including phenoxy) is 1. The maximum Gasteiger partial charge on any atom is 0.259 e. The Labute approximate surface area is 141 Å². The fraction of sp³-hybridized carbons (Fsp3) is 0.278. The van der Waals surface area contributed by atoms with Crippen LogP contribution in [0.5, 0.6) is 5.88 Å². The number of nitrogens with two attached hydrogens (primary N) is 1. The lowest BCUT2D eigenvalue weighted by atomic mass is 10.2. The minimum Gasteiger partial charge on any atom is -0.475 e. The molecule has 0 atom stereocenters. The van der Waals surface area contributed by atoms with Gasteiger partial charge in [-0.2, -0.15) is 0 Å².